The molecule has 5 nitrogen and oxygen atoms in total. The molecule has 0 aliphatic heterocycles. The first kappa shape index (κ1) is 23.0. The lowest BCUT2D eigenvalue weighted by Crippen LogP contribution is -2.31. The van der Waals surface area contributed by atoms with E-state index in [1.165, 1.54) is 0 Å². The van der Waals surface area contributed by atoms with Crippen molar-refractivity contribution in [3.63, 3.8) is 0 Å². The van der Waals surface area contributed by atoms with Gasteiger partial charge in [-0.3, -0.25) is 13.7 Å². The van der Waals surface area contributed by atoms with Gasteiger partial charge in [0.15, 0.2) is 0 Å². The maximum atomic E-state index is 9.25. The maximum Gasteiger partial charge on any atom is 0.269 e. The Morgan fingerprint density at radius 2 is 1.33 bits per heavy atom. The van der Waals surface area contributed by atoms with Crippen molar-refractivity contribution in [1.82, 2.24) is 14.1 Å². The fourth-order valence-corrected chi connectivity index (χ4v) is 7.40. The average molecular weight is 750 g/mol. The molecule has 0 radical (unpaired) electrons. The molecule has 0 saturated carbocycles. The molecule has 0 aliphatic carbocycles. The summed E-state index contributed by atoms with van der Waals surface area (Å²) in [6.45, 7) is 4.02. The Morgan fingerprint density at radius 1 is 0.667 bits per heavy atom. The van der Waals surface area contributed by atoms with Gasteiger partial charge in [0.25, 0.3) is 6.33 Å². The predicted octanol–water partition coefficient (Wildman–Crippen LogP) is 12.5. The zero-order valence-electron chi connectivity index (χ0n) is 43.9. The molecule has 10 rings (SSSR count). The Balaban J connectivity index is 1.15. The number of hydrogen-bond donors (Lipinski definition) is 0. The lowest BCUT2D eigenvalue weighted by atomic mass is 9.95. The molecule has 10 aromatic rings. The molecule has 7 aromatic carbocycles. The highest BCUT2D eigenvalue weighted by molar-refractivity contribution is 6.09. The van der Waals surface area contributed by atoms with E-state index in [1.54, 1.807) is 57.7 Å². The highest BCUT2D eigenvalue weighted by atomic mass is 16.5. The molecule has 0 aliphatic rings. The van der Waals surface area contributed by atoms with Crippen molar-refractivity contribution >= 4 is 32.8 Å². The third-order valence-corrected chi connectivity index (χ3v) is 9.77. The van der Waals surface area contributed by atoms with Gasteiger partial charge in [0.05, 0.1) is 51.3 Å². The zero-order valence-corrected chi connectivity index (χ0v) is 30.9. The van der Waals surface area contributed by atoms with E-state index in [-0.39, 0.29) is 57.9 Å². The normalized spacial score (nSPS) is 14.8. The number of ether oxygens (including phenoxy) is 1. The Bertz CT molecular complexity index is 3680. The molecule has 0 fully saturated rings. The van der Waals surface area contributed by atoms with E-state index in [0.717, 1.165) is 16.3 Å². The number of para-hydroxylation sites is 4. The number of rotatable bonds is 9. The van der Waals surface area contributed by atoms with Crippen LogP contribution in [0.4, 0.5) is 0 Å². The van der Waals surface area contributed by atoms with Gasteiger partial charge in [-0.05, 0) is 88.6 Å². The number of hydrogen-bond acceptors (Lipinski definition) is 2. The van der Waals surface area contributed by atoms with Crippen LogP contribution in [0.5, 0.6) is 11.5 Å². The summed E-state index contributed by atoms with van der Waals surface area (Å²) in [4.78, 5) is 4.49. The Kier molecular flexibility index (Phi) is 5.82. The van der Waals surface area contributed by atoms with Gasteiger partial charge in [0.2, 0.25) is 0 Å². The zero-order chi connectivity index (χ0) is 49.6. The van der Waals surface area contributed by atoms with Crippen LogP contribution in [0.25, 0.3) is 72.3 Å². The van der Waals surface area contributed by atoms with Crippen molar-refractivity contribution in [3.05, 3.63) is 200 Å². The van der Waals surface area contributed by atoms with Crippen molar-refractivity contribution in [3.8, 4) is 50.9 Å². The first-order valence-corrected chi connectivity index (χ1v) is 18.5. The number of nitrogens with zero attached hydrogens (tertiary/aromatic N) is 4. The van der Waals surface area contributed by atoms with Crippen LogP contribution in [0.1, 0.15) is 37.2 Å². The molecule has 3 heterocycles. The van der Waals surface area contributed by atoms with E-state index in [4.69, 9.17) is 21.2 Å². The van der Waals surface area contributed by atoms with Gasteiger partial charge >= 0.3 is 0 Å². The predicted molar refractivity (Wildman–Crippen MR) is 232 cm³/mol. The molecule has 0 spiro atoms. The first-order valence-electron chi connectivity index (χ1n) is 25.0. The number of pyridine rings is 1. The van der Waals surface area contributed by atoms with Gasteiger partial charge in [0.1, 0.15) is 17.3 Å². The topological polar surface area (TPSA) is 35.9 Å². The molecule has 0 amide bonds. The van der Waals surface area contributed by atoms with E-state index >= 15 is 0 Å². The minimum absolute atomic E-state index is 0.0573. The van der Waals surface area contributed by atoms with Gasteiger partial charge < -0.3 is 4.74 Å². The molecule has 274 valence electrons. The summed E-state index contributed by atoms with van der Waals surface area (Å²) in [6, 6.07) is 27.2. The maximum absolute atomic E-state index is 9.25. The molecular weight excluding hydrogens is 697 g/mol. The third-order valence-electron chi connectivity index (χ3n) is 9.77. The van der Waals surface area contributed by atoms with Gasteiger partial charge in [-0.2, -0.15) is 0 Å². The molecule has 3 aromatic heterocycles. The van der Waals surface area contributed by atoms with Crippen molar-refractivity contribution in [2.24, 2.45) is 5.92 Å². The van der Waals surface area contributed by atoms with Crippen molar-refractivity contribution < 1.29 is 27.1 Å². The number of imidazole rings is 1. The summed E-state index contributed by atoms with van der Waals surface area (Å²) in [5.41, 5.74) is 3.73. The SMILES string of the molecule is [2H]c1nc(-n2c3ccccc3c3ccc(Oc4cccc(-n5[c-][n+](-c6c(-c7c([2H])c([2H])c([2H])c([2H])c7[2H])cccc6-c6c([2H])c([2H])c([2H])c([2H])c6[2H])c6ccccc65)c4)cc32)c([2H])c(CC(C)C)c1[2H]. The molecule has 0 saturated heterocycles. The van der Waals surface area contributed by atoms with Crippen molar-refractivity contribution in [2.75, 3.05) is 0 Å². The van der Waals surface area contributed by atoms with Gasteiger partial charge in [-0.15, -0.1) is 0 Å². The second kappa shape index (κ2) is 14.4. The number of fused-ring (bicyclic) bond motifs is 4. The third kappa shape index (κ3) is 6.33. The minimum atomic E-state index is -0.584. The van der Waals surface area contributed by atoms with Gasteiger partial charge in [-0.1, -0.05) is 141 Å². The van der Waals surface area contributed by atoms with Crippen LogP contribution >= 0.6 is 0 Å². The minimum Gasteiger partial charge on any atom is -0.458 e. The number of benzene rings is 7. The Labute approximate surface area is 350 Å². The largest absolute Gasteiger partial charge is 0.458 e. The fourth-order valence-electron chi connectivity index (χ4n) is 7.40. The van der Waals surface area contributed by atoms with Crippen LogP contribution in [-0.4, -0.2) is 14.1 Å². The summed E-state index contributed by atoms with van der Waals surface area (Å²) in [6.07, 6.45) is 3.63. The summed E-state index contributed by atoms with van der Waals surface area (Å²) < 4.78 is 125. The molecule has 0 atom stereocenters. The van der Waals surface area contributed by atoms with E-state index in [0.29, 0.717) is 45.7 Å². The van der Waals surface area contributed by atoms with Gasteiger partial charge in [-0.25, -0.2) is 4.98 Å². The van der Waals surface area contributed by atoms with E-state index in [9.17, 15) is 1.37 Å². The average Bonchev–Trinajstić information content (AvgIpc) is 3.90. The van der Waals surface area contributed by atoms with Crippen molar-refractivity contribution in [1.29, 1.82) is 0 Å². The van der Waals surface area contributed by atoms with Crippen LogP contribution in [0.2, 0.25) is 0 Å². The Morgan fingerprint density at radius 3 is 2.09 bits per heavy atom. The summed E-state index contributed by atoms with van der Waals surface area (Å²) >= 11 is 0. The van der Waals surface area contributed by atoms with Gasteiger partial charge in [0, 0.05) is 23.0 Å². The summed E-state index contributed by atoms with van der Waals surface area (Å²) in [7, 11) is 0. The first-order chi connectivity index (χ1) is 33.5. The van der Waals surface area contributed by atoms with E-state index < -0.39 is 60.4 Å². The smallest absolute Gasteiger partial charge is 0.269 e. The molecule has 0 bridgehead atoms. The molecule has 0 N–H and O–H groups in total. The molecule has 5 heteroatoms. The standard InChI is InChI=1S/C52H40N4O/c1-36(2)31-37-29-30-53-51(32-37)56-47-24-10-9-21-45(47)46-28-27-42(34-50(46)56)57-41-20-13-19-40(33-41)54-35-55(49-26-12-11-25-48(49)54)52-43(38-15-5-3-6-16-38)22-14-23-44(52)39-17-7-4-8-18-39/h3-30,32-34,36H,31H2,1-2H3/i3D,4D,5D,6D,7D,8D,15D,16D,17D,18D,29D,30D,32D. The number of aromatic nitrogens is 4. The lowest BCUT2D eigenvalue weighted by Gasteiger charge is -2.17. The highest BCUT2D eigenvalue weighted by Crippen LogP contribution is 2.37. The second-order valence-electron chi connectivity index (χ2n) is 14.0. The van der Waals surface area contributed by atoms with Crippen LogP contribution < -0.4 is 9.30 Å². The lowest BCUT2D eigenvalue weighted by molar-refractivity contribution is -0.571. The quantitative estimate of drug-likeness (QED) is 0.109. The molecular formula is C52H40N4O. The fraction of sp³-hybridized carbons (Fsp3) is 0.0769. The van der Waals surface area contributed by atoms with E-state index in [1.807, 2.05) is 79.1 Å². The second-order valence-corrected chi connectivity index (χ2v) is 14.0. The highest BCUT2D eigenvalue weighted by Gasteiger charge is 2.20. The van der Waals surface area contributed by atoms with Crippen LogP contribution in [0, 0.1) is 12.2 Å². The summed E-state index contributed by atoms with van der Waals surface area (Å²) in [5.74, 6) is 1.28. The summed E-state index contributed by atoms with van der Waals surface area (Å²) in [5, 5.41) is 1.78. The monoisotopic (exact) mass is 749 g/mol. The molecule has 57 heavy (non-hydrogen) atoms. The Hall–Kier alpha value is -7.24. The van der Waals surface area contributed by atoms with E-state index in [2.05, 4.69) is 11.3 Å². The van der Waals surface area contributed by atoms with Crippen LogP contribution in [-0.2, 0) is 6.42 Å². The van der Waals surface area contributed by atoms with Crippen LogP contribution in [0.15, 0.2) is 188 Å². The molecule has 0 unspecified atom stereocenters. The van der Waals surface area contributed by atoms with Crippen molar-refractivity contribution in [2.45, 2.75) is 20.3 Å². The van der Waals surface area contributed by atoms with Crippen LogP contribution in [0.3, 0.4) is 0 Å².